The number of benzene rings is 3. The molecule has 0 atom stereocenters. The lowest BCUT2D eigenvalue weighted by Gasteiger charge is -2.15. The summed E-state index contributed by atoms with van der Waals surface area (Å²) in [6, 6.07) is 13.6. The van der Waals surface area contributed by atoms with E-state index in [0.717, 1.165) is 12.1 Å². The fraction of sp³-hybridized carbons (Fsp3) is 0. The third-order valence-electron chi connectivity index (χ3n) is 4.39. The average Bonchev–Trinajstić information content (AvgIpc) is 2.62. The number of hydrogen-bond acceptors (Lipinski definition) is 2. The van der Waals surface area contributed by atoms with Crippen LogP contribution in [-0.2, 0) is 0 Å². The SMILES string of the molecule is O=c1ccc2c(-c3ccc(F)cc3F)cc(O)cc2n1-c1c(Cl)cccc1[ClH+]. The largest absolute Gasteiger partial charge is 0.508 e. The minimum Gasteiger partial charge on any atom is -0.508 e. The van der Waals surface area contributed by atoms with Crippen LogP contribution in [0.25, 0.3) is 27.7 Å². The van der Waals surface area contributed by atoms with Gasteiger partial charge in [0.05, 0.1) is 10.5 Å². The van der Waals surface area contributed by atoms with Gasteiger partial charge in [-0.05, 0) is 35.9 Å². The van der Waals surface area contributed by atoms with Gasteiger partial charge >= 0.3 is 0 Å². The van der Waals surface area contributed by atoms with Crippen molar-refractivity contribution < 1.29 is 25.5 Å². The quantitative estimate of drug-likeness (QED) is 0.498. The first-order valence-electron chi connectivity index (χ1n) is 8.17. The first-order valence-corrected chi connectivity index (χ1v) is 8.95. The molecule has 1 N–H and O–H groups in total. The van der Waals surface area contributed by atoms with E-state index >= 15 is 0 Å². The molecule has 4 aromatic rings. The number of rotatable bonds is 2. The van der Waals surface area contributed by atoms with E-state index in [2.05, 4.69) is 0 Å². The molecule has 0 amide bonds. The summed E-state index contributed by atoms with van der Waals surface area (Å²) >= 11 is 11.6. The predicted molar refractivity (Wildman–Crippen MR) is 102 cm³/mol. The monoisotopic (exact) mass is 418 g/mol. The summed E-state index contributed by atoms with van der Waals surface area (Å²) < 4.78 is 29.0. The van der Waals surface area contributed by atoms with Gasteiger partial charge in [0.2, 0.25) is 0 Å². The summed E-state index contributed by atoms with van der Waals surface area (Å²) in [7, 11) is 0. The van der Waals surface area contributed by atoms with Gasteiger partial charge < -0.3 is 5.11 Å². The van der Waals surface area contributed by atoms with Crippen LogP contribution >= 0.6 is 11.6 Å². The van der Waals surface area contributed by atoms with Crippen molar-refractivity contribution in [3.05, 3.63) is 92.7 Å². The van der Waals surface area contributed by atoms with Crippen molar-refractivity contribution in [2.75, 3.05) is 0 Å². The molecule has 0 aliphatic rings. The summed E-state index contributed by atoms with van der Waals surface area (Å²) in [4.78, 5) is 12.7. The molecule has 1 aromatic heterocycles. The summed E-state index contributed by atoms with van der Waals surface area (Å²) in [6.07, 6.45) is 0. The lowest BCUT2D eigenvalue weighted by molar-refractivity contribution is -0.288. The van der Waals surface area contributed by atoms with Crippen molar-refractivity contribution in [3.63, 3.8) is 0 Å². The molecule has 0 radical (unpaired) electrons. The zero-order valence-corrected chi connectivity index (χ0v) is 15.7. The number of pyridine rings is 1. The minimum absolute atomic E-state index is 0.0882. The van der Waals surface area contributed by atoms with E-state index in [0.29, 0.717) is 27.2 Å². The van der Waals surface area contributed by atoms with Crippen LogP contribution in [0.3, 0.4) is 0 Å². The molecule has 0 unspecified atom stereocenters. The van der Waals surface area contributed by atoms with Gasteiger partial charge in [0.25, 0.3) is 10.6 Å². The highest BCUT2D eigenvalue weighted by atomic mass is 35.5. The number of para-hydroxylation sites is 1. The summed E-state index contributed by atoms with van der Waals surface area (Å²) in [5.74, 6) is -1.69. The van der Waals surface area contributed by atoms with Crippen LogP contribution < -0.4 is 5.56 Å². The molecule has 0 bridgehead atoms. The molecular formula is C21H12Cl2F2NO2+. The molecule has 0 aliphatic heterocycles. The second-order valence-electron chi connectivity index (χ2n) is 6.14. The highest BCUT2D eigenvalue weighted by Crippen LogP contribution is 2.36. The Kier molecular flexibility index (Phi) is 4.57. The maximum atomic E-state index is 14.4. The number of aromatic hydroxyl groups is 1. The fourth-order valence-electron chi connectivity index (χ4n) is 3.21. The molecule has 0 saturated heterocycles. The predicted octanol–water partition coefficient (Wildman–Crippen LogP) is 4.99. The number of phenolic OH excluding ortho intramolecular Hbond substituents is 1. The van der Waals surface area contributed by atoms with E-state index in [1.54, 1.807) is 18.2 Å². The Morgan fingerprint density at radius 2 is 1.75 bits per heavy atom. The maximum absolute atomic E-state index is 14.4. The first kappa shape index (κ1) is 18.5. The Labute approximate surface area is 168 Å². The number of fused-ring (bicyclic) bond motifs is 1. The molecule has 1 heterocycles. The Balaban J connectivity index is 2.14. The van der Waals surface area contributed by atoms with Crippen LogP contribution in [-0.4, -0.2) is 9.67 Å². The summed E-state index contributed by atoms with van der Waals surface area (Å²) in [5.41, 5.74) is 0.573. The molecule has 3 nitrogen and oxygen atoms in total. The summed E-state index contributed by atoms with van der Waals surface area (Å²) in [5, 5.41) is 11.3. The molecule has 0 spiro atoms. The smallest absolute Gasteiger partial charge is 0.255 e. The van der Waals surface area contributed by atoms with Crippen molar-refractivity contribution in [2.45, 2.75) is 0 Å². The van der Waals surface area contributed by atoms with Crippen molar-refractivity contribution in [2.24, 2.45) is 0 Å². The van der Waals surface area contributed by atoms with E-state index < -0.39 is 17.2 Å². The first-order chi connectivity index (χ1) is 13.4. The molecule has 28 heavy (non-hydrogen) atoms. The van der Waals surface area contributed by atoms with E-state index in [1.807, 2.05) is 0 Å². The molecule has 0 saturated carbocycles. The standard InChI is InChI=1S/C21H11Cl2F2NO2/c22-16-2-1-3-17(23)21(16)26-19-10-12(27)9-15(14(19)6-7-20(26)28)13-5-4-11(24)8-18(13)25/h1-10,22H/p+1. The third-order valence-corrected chi connectivity index (χ3v) is 5.03. The van der Waals surface area contributed by atoms with Crippen LogP contribution in [0.4, 0.5) is 8.78 Å². The Morgan fingerprint density at radius 1 is 0.964 bits per heavy atom. The Morgan fingerprint density at radius 3 is 2.46 bits per heavy atom. The van der Waals surface area contributed by atoms with E-state index in [-0.39, 0.29) is 16.3 Å². The van der Waals surface area contributed by atoms with E-state index in [1.165, 1.54) is 34.9 Å². The topological polar surface area (TPSA) is 42.2 Å². The van der Waals surface area contributed by atoms with Gasteiger partial charge in [-0.1, -0.05) is 17.7 Å². The number of phenols is 1. The minimum atomic E-state index is -0.786. The third kappa shape index (κ3) is 3.03. The lowest BCUT2D eigenvalue weighted by atomic mass is 9.99. The van der Waals surface area contributed by atoms with Gasteiger partial charge in [-0.2, -0.15) is 0 Å². The number of hydrogen-bond donors (Lipinski definition) is 1. The highest BCUT2D eigenvalue weighted by Gasteiger charge is 2.20. The molecule has 0 aliphatic carbocycles. The maximum Gasteiger partial charge on any atom is 0.255 e. The van der Waals surface area contributed by atoms with Crippen LogP contribution in [0.15, 0.2) is 65.5 Å². The number of aromatic nitrogens is 1. The Bertz CT molecular complexity index is 1280. The molecule has 4 rings (SSSR count). The number of halogens is 4. The van der Waals surface area contributed by atoms with Gasteiger partial charge in [-0.25, -0.2) is 8.78 Å². The highest BCUT2D eigenvalue weighted by molar-refractivity contribution is 6.32. The second-order valence-corrected chi connectivity index (χ2v) is 6.99. The molecular weight excluding hydrogens is 407 g/mol. The zero-order chi connectivity index (χ0) is 20.0. The molecule has 0 fully saturated rings. The van der Waals surface area contributed by atoms with Crippen LogP contribution in [0, 0.1) is 23.2 Å². The van der Waals surface area contributed by atoms with Crippen molar-refractivity contribution in [3.8, 4) is 22.6 Å². The van der Waals surface area contributed by atoms with Crippen molar-refractivity contribution in [1.29, 1.82) is 0 Å². The van der Waals surface area contributed by atoms with Gasteiger partial charge in [-0.15, -0.1) is 0 Å². The van der Waals surface area contributed by atoms with E-state index in [9.17, 15) is 18.7 Å². The molecule has 140 valence electrons. The van der Waals surface area contributed by atoms with Crippen LogP contribution in [0.1, 0.15) is 0 Å². The molecule has 3 aromatic carbocycles. The van der Waals surface area contributed by atoms with Gasteiger partial charge in [-0.3, -0.25) is 9.36 Å². The average molecular weight is 419 g/mol. The number of nitrogens with zero attached hydrogens (tertiary/aromatic N) is 1. The second kappa shape index (κ2) is 6.93. The van der Waals surface area contributed by atoms with Gasteiger partial charge in [0.15, 0.2) is 11.6 Å². The van der Waals surface area contributed by atoms with Crippen LogP contribution in [0.2, 0.25) is 10.0 Å². The van der Waals surface area contributed by atoms with Crippen LogP contribution in [0.5, 0.6) is 5.75 Å². The fourth-order valence-corrected chi connectivity index (χ4v) is 3.80. The van der Waals surface area contributed by atoms with Crippen molar-refractivity contribution >= 4 is 22.5 Å². The van der Waals surface area contributed by atoms with Gasteiger partial charge in [0.1, 0.15) is 23.1 Å². The normalized spacial score (nSPS) is 11.1. The van der Waals surface area contributed by atoms with Crippen molar-refractivity contribution in [1.82, 2.24) is 4.57 Å². The molecule has 7 heteroatoms. The zero-order valence-electron chi connectivity index (χ0n) is 14.1. The summed E-state index contributed by atoms with van der Waals surface area (Å²) in [6.45, 7) is 0. The van der Waals surface area contributed by atoms with E-state index in [4.69, 9.17) is 23.2 Å². The lowest BCUT2D eigenvalue weighted by Crippen LogP contribution is -2.18. The Hall–Kier alpha value is -2.89. The van der Waals surface area contributed by atoms with Gasteiger partial charge in [0, 0.05) is 35.2 Å².